The number of nitrogens with zero attached hydrogens (tertiary/aromatic N) is 6. The second-order valence-corrected chi connectivity index (χ2v) is 9.07. The highest BCUT2D eigenvalue weighted by molar-refractivity contribution is 9.10. The first kappa shape index (κ1) is 24.1. The number of carbonyl (C=O) groups is 1. The number of amides is 1. The van der Waals surface area contributed by atoms with Crippen LogP contribution in [0.1, 0.15) is 46.9 Å². The Labute approximate surface area is 176 Å². The van der Waals surface area contributed by atoms with Gasteiger partial charge in [0.2, 0.25) is 5.82 Å². The monoisotopic (exact) mass is 454 g/mol. The number of carbonyl (C=O) groups excluding carboxylic acids is 1. The van der Waals surface area contributed by atoms with E-state index in [9.17, 15) is 10.1 Å². The Bertz CT molecular complexity index is 697. The maximum absolute atomic E-state index is 13.0. The van der Waals surface area contributed by atoms with Gasteiger partial charge in [0.15, 0.2) is 5.82 Å². The summed E-state index contributed by atoms with van der Waals surface area (Å²) in [6.07, 6.45) is 1.84. The third kappa shape index (κ3) is 7.98. The van der Waals surface area contributed by atoms with Crippen molar-refractivity contribution in [2.75, 3.05) is 38.7 Å². The van der Waals surface area contributed by atoms with Crippen LogP contribution in [0.15, 0.2) is 10.7 Å². The van der Waals surface area contributed by atoms with Gasteiger partial charge in [0.25, 0.3) is 0 Å². The minimum absolute atomic E-state index is 0.0457. The van der Waals surface area contributed by atoms with Crippen LogP contribution < -0.4 is 5.01 Å². The molecule has 8 nitrogen and oxygen atoms in total. The Balaban J connectivity index is 3.33. The van der Waals surface area contributed by atoms with Gasteiger partial charge < -0.3 is 9.64 Å². The summed E-state index contributed by atoms with van der Waals surface area (Å²) in [7, 11) is 3.98. The zero-order valence-corrected chi connectivity index (χ0v) is 19.4. The molecule has 0 aliphatic heterocycles. The van der Waals surface area contributed by atoms with Crippen molar-refractivity contribution in [3.05, 3.63) is 16.5 Å². The van der Waals surface area contributed by atoms with Crippen molar-refractivity contribution in [3.8, 4) is 6.07 Å². The Hall–Kier alpha value is -1.92. The Kier molecular flexibility index (Phi) is 9.11. The van der Waals surface area contributed by atoms with Gasteiger partial charge in [0.05, 0.1) is 4.47 Å². The van der Waals surface area contributed by atoms with Crippen LogP contribution in [0.3, 0.4) is 0 Å². The molecular formula is C19H31BrN6O2. The lowest BCUT2D eigenvalue weighted by atomic mass is 10.2. The molecule has 9 heteroatoms. The molecule has 0 aliphatic carbocycles. The highest BCUT2D eigenvalue weighted by Gasteiger charge is 2.29. The lowest BCUT2D eigenvalue weighted by Gasteiger charge is -2.38. The second-order valence-electron chi connectivity index (χ2n) is 8.21. The summed E-state index contributed by atoms with van der Waals surface area (Å²) in [6, 6.07) is 1.96. The second kappa shape index (κ2) is 10.6. The lowest BCUT2D eigenvalue weighted by molar-refractivity contribution is 0.0211. The van der Waals surface area contributed by atoms with Crippen LogP contribution in [0.25, 0.3) is 0 Å². The smallest absolute Gasteiger partial charge is 0.429 e. The molecule has 1 aromatic rings. The van der Waals surface area contributed by atoms with Crippen LogP contribution in [0.5, 0.6) is 0 Å². The number of anilines is 1. The van der Waals surface area contributed by atoms with Crippen molar-refractivity contribution in [1.82, 2.24) is 19.9 Å². The van der Waals surface area contributed by atoms with E-state index in [2.05, 4.69) is 44.6 Å². The van der Waals surface area contributed by atoms with E-state index < -0.39 is 11.7 Å². The average Bonchev–Trinajstić information content (AvgIpc) is 2.55. The van der Waals surface area contributed by atoms with E-state index in [1.54, 1.807) is 10.0 Å². The molecule has 0 spiro atoms. The first-order valence-electron chi connectivity index (χ1n) is 9.30. The van der Waals surface area contributed by atoms with E-state index in [1.165, 1.54) is 6.20 Å². The molecule has 0 saturated heterocycles. The molecule has 0 aliphatic rings. The van der Waals surface area contributed by atoms with Crippen molar-refractivity contribution in [2.45, 2.75) is 46.6 Å². The number of halogens is 1. The van der Waals surface area contributed by atoms with E-state index in [0.717, 1.165) is 13.0 Å². The van der Waals surface area contributed by atoms with Gasteiger partial charge in [-0.1, -0.05) is 13.8 Å². The molecule has 0 saturated carbocycles. The van der Waals surface area contributed by atoms with E-state index >= 15 is 0 Å². The Morgan fingerprint density at radius 1 is 1.32 bits per heavy atom. The largest absolute Gasteiger partial charge is 0.442 e. The number of ether oxygens (including phenoxy) is 1. The summed E-state index contributed by atoms with van der Waals surface area (Å²) in [5, 5.41) is 12.6. The first-order chi connectivity index (χ1) is 12.9. The third-order valence-corrected chi connectivity index (χ3v) is 4.04. The maximum Gasteiger partial charge on any atom is 0.429 e. The van der Waals surface area contributed by atoms with E-state index in [-0.39, 0.29) is 11.7 Å². The fraction of sp³-hybridized carbons (Fsp3) is 0.684. The number of hydrogen-bond donors (Lipinski definition) is 0. The van der Waals surface area contributed by atoms with Crippen LogP contribution in [-0.4, -0.2) is 65.3 Å². The minimum Gasteiger partial charge on any atom is -0.442 e. The quantitative estimate of drug-likeness (QED) is 0.553. The Morgan fingerprint density at radius 3 is 2.46 bits per heavy atom. The summed E-state index contributed by atoms with van der Waals surface area (Å²) in [6.45, 7) is 11.4. The van der Waals surface area contributed by atoms with Crippen LogP contribution in [0, 0.1) is 17.2 Å². The summed E-state index contributed by atoms with van der Waals surface area (Å²) < 4.78 is 6.25. The van der Waals surface area contributed by atoms with Gasteiger partial charge in [-0.05, 0) is 69.7 Å². The van der Waals surface area contributed by atoms with Crippen molar-refractivity contribution in [1.29, 1.82) is 5.26 Å². The molecule has 1 heterocycles. The number of nitriles is 1. The number of aromatic nitrogens is 2. The molecule has 0 unspecified atom stereocenters. The topological polar surface area (TPSA) is 85.6 Å². The van der Waals surface area contributed by atoms with Gasteiger partial charge in [-0.2, -0.15) is 10.2 Å². The molecule has 0 radical (unpaired) electrons. The molecule has 156 valence electrons. The molecule has 28 heavy (non-hydrogen) atoms. The molecule has 0 N–H and O–H groups in total. The first-order valence-corrected chi connectivity index (χ1v) is 10.1. The number of rotatable bonds is 8. The van der Waals surface area contributed by atoms with Crippen molar-refractivity contribution >= 4 is 27.8 Å². The van der Waals surface area contributed by atoms with Crippen molar-refractivity contribution < 1.29 is 9.53 Å². The Morgan fingerprint density at radius 2 is 1.96 bits per heavy atom. The van der Waals surface area contributed by atoms with E-state index in [0.29, 0.717) is 23.4 Å². The molecule has 0 bridgehead atoms. The van der Waals surface area contributed by atoms with Gasteiger partial charge in [0.1, 0.15) is 11.7 Å². The van der Waals surface area contributed by atoms with Gasteiger partial charge in [0, 0.05) is 19.3 Å². The van der Waals surface area contributed by atoms with Crippen molar-refractivity contribution in [2.24, 2.45) is 5.92 Å². The highest BCUT2D eigenvalue weighted by Crippen LogP contribution is 2.27. The molecule has 1 aromatic heterocycles. The van der Waals surface area contributed by atoms with Crippen LogP contribution in [-0.2, 0) is 4.74 Å². The van der Waals surface area contributed by atoms with Gasteiger partial charge in [-0.25, -0.2) is 14.8 Å². The van der Waals surface area contributed by atoms with Gasteiger partial charge in [-0.15, -0.1) is 0 Å². The molecule has 0 fully saturated rings. The predicted molar refractivity (Wildman–Crippen MR) is 113 cm³/mol. The third-order valence-electron chi connectivity index (χ3n) is 3.48. The zero-order valence-electron chi connectivity index (χ0n) is 17.9. The number of hydrogen-bond acceptors (Lipinski definition) is 7. The summed E-state index contributed by atoms with van der Waals surface area (Å²) >= 11 is 3.46. The molecule has 1 rings (SSSR count). The SMILES string of the molecule is CC(C)CN(c1nc(C#N)ncc1Br)N(CCCN(C)C)C(=O)OC(C)(C)C. The molecule has 1 amide bonds. The average molecular weight is 455 g/mol. The standard InChI is InChI=1S/C19H31BrN6O2/c1-14(2)13-26(17-15(20)12-22-16(11-21)23-17)25(10-8-9-24(6)7)18(27)28-19(3,4)5/h12,14H,8-10,13H2,1-7H3. The fourth-order valence-corrected chi connectivity index (χ4v) is 2.80. The van der Waals surface area contributed by atoms with Crippen LogP contribution in [0.4, 0.5) is 10.6 Å². The number of hydrazine groups is 1. The predicted octanol–water partition coefficient (Wildman–Crippen LogP) is 3.68. The maximum atomic E-state index is 13.0. The summed E-state index contributed by atoms with van der Waals surface area (Å²) in [5.74, 6) is 0.756. The van der Waals surface area contributed by atoms with Gasteiger partial charge in [-0.3, -0.25) is 5.01 Å². The molecule has 0 atom stereocenters. The van der Waals surface area contributed by atoms with E-state index in [4.69, 9.17) is 4.74 Å². The fourth-order valence-electron chi connectivity index (χ4n) is 2.40. The normalized spacial score (nSPS) is 11.5. The molecule has 0 aromatic carbocycles. The van der Waals surface area contributed by atoms with E-state index in [1.807, 2.05) is 40.9 Å². The highest BCUT2D eigenvalue weighted by atomic mass is 79.9. The molecular weight excluding hydrogens is 424 g/mol. The summed E-state index contributed by atoms with van der Waals surface area (Å²) in [5.41, 5.74) is -0.624. The van der Waals surface area contributed by atoms with Crippen LogP contribution >= 0.6 is 15.9 Å². The summed E-state index contributed by atoms with van der Waals surface area (Å²) in [4.78, 5) is 23.4. The lowest BCUT2D eigenvalue weighted by Crippen LogP contribution is -2.51. The zero-order chi connectivity index (χ0) is 21.5. The van der Waals surface area contributed by atoms with Crippen LogP contribution in [0.2, 0.25) is 0 Å². The van der Waals surface area contributed by atoms with Gasteiger partial charge >= 0.3 is 6.09 Å². The minimum atomic E-state index is -0.624. The van der Waals surface area contributed by atoms with Crippen molar-refractivity contribution in [3.63, 3.8) is 0 Å².